The summed E-state index contributed by atoms with van der Waals surface area (Å²) in [6, 6.07) is 6.83. The van der Waals surface area contributed by atoms with Crippen LogP contribution in [-0.2, 0) is 9.59 Å². The first kappa shape index (κ1) is 17.7. The number of carbonyl (C=O) groups is 3. The maximum atomic E-state index is 12.9. The number of imide groups is 2. The summed E-state index contributed by atoms with van der Waals surface area (Å²) in [7, 11) is 3.90. The molecule has 7 heteroatoms. The second-order valence-electron chi connectivity index (χ2n) is 7.91. The van der Waals surface area contributed by atoms with Gasteiger partial charge in [-0.25, -0.2) is 4.79 Å². The Kier molecular flexibility index (Phi) is 4.45. The molecule has 0 aromatic heterocycles. The van der Waals surface area contributed by atoms with Crippen molar-refractivity contribution in [1.82, 2.24) is 10.2 Å². The summed E-state index contributed by atoms with van der Waals surface area (Å²) < 4.78 is 0. The molecule has 0 spiro atoms. The monoisotopic (exact) mass is 368 g/mol. The minimum absolute atomic E-state index is 0.0837. The van der Waals surface area contributed by atoms with Crippen LogP contribution < -0.4 is 10.2 Å². The first-order chi connectivity index (χ1) is 12.9. The molecule has 4 amide bonds. The van der Waals surface area contributed by atoms with Crippen molar-refractivity contribution >= 4 is 35.4 Å². The highest BCUT2D eigenvalue weighted by Gasteiger charge is 2.50. The van der Waals surface area contributed by atoms with Crippen molar-refractivity contribution in [3.05, 3.63) is 24.3 Å². The Bertz CT molecular complexity index is 802. The summed E-state index contributed by atoms with van der Waals surface area (Å²) in [6.45, 7) is 0. The molecule has 4 atom stereocenters. The van der Waals surface area contributed by atoms with E-state index in [1.165, 1.54) is 17.5 Å². The molecule has 4 rings (SSSR count). The van der Waals surface area contributed by atoms with Gasteiger partial charge in [0.2, 0.25) is 11.8 Å². The average Bonchev–Trinajstić information content (AvgIpc) is 3.25. The van der Waals surface area contributed by atoms with E-state index in [1.54, 1.807) is 0 Å². The first-order valence-corrected chi connectivity index (χ1v) is 9.43. The fourth-order valence-electron chi connectivity index (χ4n) is 4.58. The minimum atomic E-state index is -1.06. The lowest BCUT2D eigenvalue weighted by molar-refractivity contribution is -0.141. The highest BCUT2D eigenvalue weighted by Crippen LogP contribution is 2.47. The maximum absolute atomic E-state index is 12.9. The van der Waals surface area contributed by atoms with Crippen LogP contribution >= 0.6 is 0 Å². The SMILES string of the molecule is CN(C)c1ccc(N=C[C@@H]2C(=O)NC(=O)N([C@@H]3C[C@H]4CC[C@H]3C4)C2=O)cc1. The Hall–Kier alpha value is -2.70. The summed E-state index contributed by atoms with van der Waals surface area (Å²) in [5, 5.41) is 2.34. The third-order valence-corrected chi connectivity index (χ3v) is 6.01. The van der Waals surface area contributed by atoms with Gasteiger partial charge < -0.3 is 4.90 Å². The van der Waals surface area contributed by atoms with Crippen LogP contribution in [0.3, 0.4) is 0 Å². The quantitative estimate of drug-likeness (QED) is 0.653. The highest BCUT2D eigenvalue weighted by molar-refractivity contribution is 6.23. The molecule has 3 fully saturated rings. The summed E-state index contributed by atoms with van der Waals surface area (Å²) in [5.74, 6) is -1.14. The number of amides is 4. The van der Waals surface area contributed by atoms with Crippen molar-refractivity contribution in [2.75, 3.05) is 19.0 Å². The second kappa shape index (κ2) is 6.79. The summed E-state index contributed by atoms with van der Waals surface area (Å²) in [6.07, 6.45) is 5.52. The molecule has 1 aromatic rings. The molecule has 142 valence electrons. The molecule has 7 nitrogen and oxygen atoms in total. The van der Waals surface area contributed by atoms with Crippen LogP contribution in [0.15, 0.2) is 29.3 Å². The third kappa shape index (κ3) is 3.22. The van der Waals surface area contributed by atoms with E-state index in [-0.39, 0.29) is 6.04 Å². The molecule has 0 unspecified atom stereocenters. The fourth-order valence-corrected chi connectivity index (χ4v) is 4.58. The van der Waals surface area contributed by atoms with Crippen molar-refractivity contribution in [3.63, 3.8) is 0 Å². The van der Waals surface area contributed by atoms with E-state index >= 15 is 0 Å². The number of nitrogens with one attached hydrogen (secondary N) is 1. The standard InChI is InChI=1S/C20H24N4O3/c1-23(2)15-7-5-14(6-8-15)21-11-16-18(25)22-20(27)24(19(16)26)17-10-12-3-4-13(17)9-12/h5-8,11-13,16-17H,3-4,9-10H2,1-2H3,(H,22,25,27)/t12-,13-,16+,17+/m0/s1. The summed E-state index contributed by atoms with van der Waals surface area (Å²) >= 11 is 0. The smallest absolute Gasteiger partial charge is 0.331 e. The van der Waals surface area contributed by atoms with Gasteiger partial charge in [0.15, 0.2) is 5.92 Å². The first-order valence-electron chi connectivity index (χ1n) is 9.43. The van der Waals surface area contributed by atoms with Crippen LogP contribution in [0.2, 0.25) is 0 Å². The lowest BCUT2D eigenvalue weighted by Crippen LogP contribution is -2.62. The van der Waals surface area contributed by atoms with Gasteiger partial charge in [0.05, 0.1) is 5.69 Å². The maximum Gasteiger partial charge on any atom is 0.331 e. The highest BCUT2D eigenvalue weighted by atomic mass is 16.2. The van der Waals surface area contributed by atoms with Gasteiger partial charge in [-0.3, -0.25) is 24.8 Å². The Labute approximate surface area is 158 Å². The lowest BCUT2D eigenvalue weighted by Gasteiger charge is -2.36. The Morgan fingerprint density at radius 3 is 2.44 bits per heavy atom. The van der Waals surface area contributed by atoms with Gasteiger partial charge in [-0.1, -0.05) is 6.42 Å². The summed E-state index contributed by atoms with van der Waals surface area (Å²) in [5.41, 5.74) is 1.69. The van der Waals surface area contributed by atoms with Crippen LogP contribution in [0.5, 0.6) is 0 Å². The van der Waals surface area contributed by atoms with Crippen LogP contribution in [0.25, 0.3) is 0 Å². The number of barbiturate groups is 1. The van der Waals surface area contributed by atoms with E-state index < -0.39 is 23.8 Å². The molecule has 27 heavy (non-hydrogen) atoms. The second-order valence-corrected chi connectivity index (χ2v) is 7.91. The number of anilines is 1. The van der Waals surface area contributed by atoms with Crippen LogP contribution in [0, 0.1) is 17.8 Å². The van der Waals surface area contributed by atoms with E-state index in [4.69, 9.17) is 0 Å². The van der Waals surface area contributed by atoms with Gasteiger partial charge in [-0.2, -0.15) is 0 Å². The number of hydrogen-bond acceptors (Lipinski definition) is 5. The van der Waals surface area contributed by atoms with Gasteiger partial charge in [0.25, 0.3) is 0 Å². The summed E-state index contributed by atoms with van der Waals surface area (Å²) in [4.78, 5) is 45.0. The van der Waals surface area contributed by atoms with E-state index in [1.807, 2.05) is 43.3 Å². The average molecular weight is 368 g/mol. The Balaban J connectivity index is 1.52. The molecule has 2 aliphatic carbocycles. The van der Waals surface area contributed by atoms with Crippen LogP contribution in [0.4, 0.5) is 16.2 Å². The molecule has 0 radical (unpaired) electrons. The molecule has 1 N–H and O–H groups in total. The van der Waals surface area contributed by atoms with Crippen molar-refractivity contribution in [2.45, 2.75) is 31.7 Å². The Morgan fingerprint density at radius 1 is 1.11 bits per heavy atom. The van der Waals surface area contributed by atoms with Gasteiger partial charge in [0, 0.05) is 32.0 Å². The zero-order valence-corrected chi connectivity index (χ0v) is 15.6. The van der Waals surface area contributed by atoms with E-state index in [9.17, 15) is 14.4 Å². The molecular weight excluding hydrogens is 344 g/mol. The van der Waals surface area contributed by atoms with E-state index in [0.717, 1.165) is 24.9 Å². The van der Waals surface area contributed by atoms with Crippen molar-refractivity contribution in [2.24, 2.45) is 22.7 Å². The predicted molar refractivity (Wildman–Crippen MR) is 102 cm³/mol. The molecule has 1 heterocycles. The largest absolute Gasteiger partial charge is 0.378 e. The zero-order chi connectivity index (χ0) is 19.1. The van der Waals surface area contributed by atoms with Crippen molar-refractivity contribution < 1.29 is 14.4 Å². The van der Waals surface area contributed by atoms with Crippen LogP contribution in [-0.4, -0.2) is 49.1 Å². The lowest BCUT2D eigenvalue weighted by atomic mass is 9.92. The number of benzene rings is 1. The van der Waals surface area contributed by atoms with E-state index in [0.29, 0.717) is 17.5 Å². The number of urea groups is 1. The molecule has 3 aliphatic rings. The van der Waals surface area contributed by atoms with Gasteiger partial charge >= 0.3 is 6.03 Å². The molecule has 1 aromatic carbocycles. The van der Waals surface area contributed by atoms with E-state index in [2.05, 4.69) is 10.3 Å². The Morgan fingerprint density at radius 2 is 1.85 bits per heavy atom. The molecule has 2 saturated carbocycles. The van der Waals surface area contributed by atoms with Crippen molar-refractivity contribution in [1.29, 1.82) is 0 Å². The number of rotatable bonds is 4. The topological polar surface area (TPSA) is 82.1 Å². The number of aliphatic imine (C=N–C) groups is 1. The number of fused-ring (bicyclic) bond motifs is 2. The minimum Gasteiger partial charge on any atom is -0.378 e. The molecule has 2 bridgehead atoms. The molecule has 1 aliphatic heterocycles. The third-order valence-electron chi connectivity index (χ3n) is 6.01. The van der Waals surface area contributed by atoms with Crippen LogP contribution in [0.1, 0.15) is 25.7 Å². The van der Waals surface area contributed by atoms with Gasteiger partial charge in [-0.15, -0.1) is 0 Å². The normalized spacial score (nSPS) is 30.3. The number of hydrogen-bond donors (Lipinski definition) is 1. The number of carbonyl (C=O) groups excluding carboxylic acids is 3. The van der Waals surface area contributed by atoms with Gasteiger partial charge in [0.1, 0.15) is 0 Å². The zero-order valence-electron chi connectivity index (χ0n) is 15.6. The fraction of sp³-hybridized carbons (Fsp3) is 0.500. The number of nitrogens with zero attached hydrogens (tertiary/aromatic N) is 3. The van der Waals surface area contributed by atoms with Gasteiger partial charge in [-0.05, 0) is 55.4 Å². The predicted octanol–water partition coefficient (Wildman–Crippen LogP) is 2.34. The van der Waals surface area contributed by atoms with Crippen molar-refractivity contribution in [3.8, 4) is 0 Å². The molecule has 1 saturated heterocycles. The molecular formula is C20H24N4O3.